The molecule has 16 heavy (non-hydrogen) atoms. The van der Waals surface area contributed by atoms with Crippen molar-refractivity contribution in [2.75, 3.05) is 13.8 Å². The molecule has 0 bridgehead atoms. The van der Waals surface area contributed by atoms with Gasteiger partial charge in [-0.2, -0.15) is 0 Å². The zero-order chi connectivity index (χ0) is 11.4. The molecule has 0 radical (unpaired) electrons. The van der Waals surface area contributed by atoms with E-state index in [1.807, 2.05) is 0 Å². The molecule has 1 rings (SSSR count). The van der Waals surface area contributed by atoms with E-state index >= 15 is 0 Å². The van der Waals surface area contributed by atoms with Crippen LogP contribution in [0.15, 0.2) is 18.2 Å². The van der Waals surface area contributed by atoms with Crippen molar-refractivity contribution in [1.29, 1.82) is 0 Å². The Bertz CT molecular complexity index is 376. The van der Waals surface area contributed by atoms with E-state index in [2.05, 4.69) is 0 Å². The Morgan fingerprint density at radius 1 is 1.62 bits per heavy atom. The molecule has 0 aliphatic heterocycles. The lowest BCUT2D eigenvalue weighted by molar-refractivity contribution is -0.385. The lowest BCUT2D eigenvalue weighted by Crippen LogP contribution is -2.12. The van der Waals surface area contributed by atoms with Crippen molar-refractivity contribution >= 4 is 18.1 Å². The van der Waals surface area contributed by atoms with Gasteiger partial charge in [0.2, 0.25) is 0 Å². The Balaban J connectivity index is 0.00000225. The summed E-state index contributed by atoms with van der Waals surface area (Å²) in [6.45, 7) is -0.760. The van der Waals surface area contributed by atoms with Gasteiger partial charge < -0.3 is 10.5 Å². The predicted octanol–water partition coefficient (Wildman–Crippen LogP) is 1.99. The van der Waals surface area contributed by atoms with Gasteiger partial charge in [0.15, 0.2) is 5.75 Å². The molecule has 0 aliphatic carbocycles. The summed E-state index contributed by atoms with van der Waals surface area (Å²) in [7, 11) is 1.33. The molecule has 1 aromatic rings. The third-order valence-corrected chi connectivity index (χ3v) is 1.99. The minimum absolute atomic E-state index is 0. The number of rotatable bonds is 4. The maximum absolute atomic E-state index is 12.3. The SMILES string of the molecule is COc1ccc([C@H](N)CF)cc1[N+](=O)[O-].Cl. The molecule has 2 N–H and O–H groups in total. The first-order valence-corrected chi connectivity index (χ1v) is 4.24. The first-order chi connectivity index (χ1) is 7.10. The van der Waals surface area contributed by atoms with Gasteiger partial charge in [0.1, 0.15) is 6.67 Å². The highest BCUT2D eigenvalue weighted by Gasteiger charge is 2.17. The van der Waals surface area contributed by atoms with E-state index in [0.717, 1.165) is 0 Å². The second-order valence-corrected chi connectivity index (χ2v) is 2.95. The molecule has 0 amide bonds. The van der Waals surface area contributed by atoms with Crippen molar-refractivity contribution in [1.82, 2.24) is 0 Å². The number of methoxy groups -OCH3 is 1. The molecule has 1 atom stereocenters. The van der Waals surface area contributed by atoms with E-state index in [4.69, 9.17) is 10.5 Å². The number of halogens is 2. The van der Waals surface area contributed by atoms with E-state index in [9.17, 15) is 14.5 Å². The fourth-order valence-electron chi connectivity index (χ4n) is 1.17. The lowest BCUT2D eigenvalue weighted by atomic mass is 10.1. The van der Waals surface area contributed by atoms with Crippen LogP contribution < -0.4 is 10.5 Å². The lowest BCUT2D eigenvalue weighted by Gasteiger charge is -2.08. The molecule has 0 unspecified atom stereocenters. The summed E-state index contributed by atoms with van der Waals surface area (Å²) in [6.07, 6.45) is 0. The standard InChI is InChI=1S/C9H11FN2O3.ClH/c1-15-9-3-2-6(7(11)5-10)4-8(9)12(13)14;/h2-4,7H,5,11H2,1H3;1H/t7-;/m1./s1. The Morgan fingerprint density at radius 2 is 2.25 bits per heavy atom. The summed E-state index contributed by atoms with van der Waals surface area (Å²) in [4.78, 5) is 10.0. The van der Waals surface area contributed by atoms with Gasteiger partial charge in [-0.15, -0.1) is 12.4 Å². The fraction of sp³-hybridized carbons (Fsp3) is 0.333. The van der Waals surface area contributed by atoms with Crippen LogP contribution in [0.4, 0.5) is 10.1 Å². The number of nitrogens with zero attached hydrogens (tertiary/aromatic N) is 1. The molecule has 0 heterocycles. The van der Waals surface area contributed by atoms with Crippen LogP contribution in [-0.4, -0.2) is 18.7 Å². The fourth-order valence-corrected chi connectivity index (χ4v) is 1.17. The Morgan fingerprint density at radius 3 is 2.69 bits per heavy atom. The molecule has 90 valence electrons. The van der Waals surface area contributed by atoms with Crippen molar-refractivity contribution < 1.29 is 14.1 Å². The van der Waals surface area contributed by atoms with Crippen LogP contribution in [0.3, 0.4) is 0 Å². The van der Waals surface area contributed by atoms with Crippen molar-refractivity contribution in [3.8, 4) is 5.75 Å². The van der Waals surface area contributed by atoms with Crippen LogP contribution in [-0.2, 0) is 0 Å². The molecule has 5 nitrogen and oxygen atoms in total. The number of alkyl halides is 1. The predicted molar refractivity (Wildman–Crippen MR) is 59.8 cm³/mol. The maximum Gasteiger partial charge on any atom is 0.311 e. The van der Waals surface area contributed by atoms with E-state index < -0.39 is 17.6 Å². The third kappa shape index (κ3) is 3.04. The average Bonchev–Trinajstić information content (AvgIpc) is 2.27. The summed E-state index contributed by atoms with van der Waals surface area (Å²) in [5.41, 5.74) is 5.59. The van der Waals surface area contributed by atoms with Gasteiger partial charge in [0.25, 0.3) is 0 Å². The number of nitro benzene ring substituents is 1. The van der Waals surface area contributed by atoms with Crippen molar-refractivity contribution in [3.05, 3.63) is 33.9 Å². The normalized spacial score (nSPS) is 11.4. The monoisotopic (exact) mass is 250 g/mol. The third-order valence-electron chi connectivity index (χ3n) is 1.99. The number of hydrogen-bond donors (Lipinski definition) is 1. The number of nitrogens with two attached hydrogens (primary N) is 1. The molecular formula is C9H12ClFN2O3. The van der Waals surface area contributed by atoms with E-state index in [1.54, 1.807) is 0 Å². The molecule has 0 fully saturated rings. The zero-order valence-electron chi connectivity index (χ0n) is 8.55. The van der Waals surface area contributed by atoms with Gasteiger partial charge in [-0.3, -0.25) is 10.1 Å². The molecule has 7 heteroatoms. The summed E-state index contributed by atoms with van der Waals surface area (Å²) in [5, 5.41) is 10.6. The number of nitro groups is 1. The topological polar surface area (TPSA) is 78.4 Å². The second kappa shape index (κ2) is 6.24. The summed E-state index contributed by atoms with van der Waals surface area (Å²) in [5.74, 6) is 0.134. The Hall–Kier alpha value is -1.40. The van der Waals surface area contributed by atoms with Gasteiger partial charge in [-0.25, -0.2) is 4.39 Å². The minimum Gasteiger partial charge on any atom is -0.490 e. The van der Waals surface area contributed by atoms with Gasteiger partial charge >= 0.3 is 5.69 Å². The van der Waals surface area contributed by atoms with Crippen LogP contribution >= 0.6 is 12.4 Å². The van der Waals surface area contributed by atoms with E-state index in [1.165, 1.54) is 25.3 Å². The number of benzene rings is 1. The number of ether oxygens (including phenoxy) is 1. The van der Waals surface area contributed by atoms with Crippen LogP contribution in [0.1, 0.15) is 11.6 Å². The first-order valence-electron chi connectivity index (χ1n) is 4.24. The summed E-state index contributed by atoms with van der Waals surface area (Å²) in [6, 6.07) is 3.30. The second-order valence-electron chi connectivity index (χ2n) is 2.95. The van der Waals surface area contributed by atoms with Crippen LogP contribution in [0, 0.1) is 10.1 Å². The molecule has 0 spiro atoms. The highest BCUT2D eigenvalue weighted by molar-refractivity contribution is 5.85. The zero-order valence-corrected chi connectivity index (χ0v) is 9.37. The van der Waals surface area contributed by atoms with Crippen LogP contribution in [0.5, 0.6) is 5.75 Å². The van der Waals surface area contributed by atoms with E-state index in [0.29, 0.717) is 5.56 Å². The molecule has 0 aromatic heterocycles. The van der Waals surface area contributed by atoms with Crippen molar-refractivity contribution in [2.45, 2.75) is 6.04 Å². The average molecular weight is 251 g/mol. The van der Waals surface area contributed by atoms with Gasteiger partial charge in [-0.05, 0) is 11.6 Å². The minimum atomic E-state index is -0.838. The molecule has 0 saturated heterocycles. The van der Waals surface area contributed by atoms with Crippen LogP contribution in [0.2, 0.25) is 0 Å². The van der Waals surface area contributed by atoms with Crippen molar-refractivity contribution in [3.63, 3.8) is 0 Å². The van der Waals surface area contributed by atoms with Gasteiger partial charge in [0.05, 0.1) is 18.1 Å². The molecular weight excluding hydrogens is 239 g/mol. The number of hydrogen-bond acceptors (Lipinski definition) is 4. The summed E-state index contributed by atoms with van der Waals surface area (Å²) >= 11 is 0. The largest absolute Gasteiger partial charge is 0.490 e. The first kappa shape index (κ1) is 14.6. The maximum atomic E-state index is 12.3. The van der Waals surface area contributed by atoms with Crippen LogP contribution in [0.25, 0.3) is 0 Å². The highest BCUT2D eigenvalue weighted by Crippen LogP contribution is 2.29. The highest BCUT2D eigenvalue weighted by atomic mass is 35.5. The Labute approximate surface area is 98.0 Å². The quantitative estimate of drug-likeness (QED) is 0.655. The molecule has 0 saturated carbocycles. The van der Waals surface area contributed by atoms with E-state index in [-0.39, 0.29) is 23.8 Å². The summed E-state index contributed by atoms with van der Waals surface area (Å²) < 4.78 is 17.1. The van der Waals surface area contributed by atoms with Crippen molar-refractivity contribution in [2.24, 2.45) is 5.73 Å². The molecule has 0 aliphatic rings. The molecule has 1 aromatic carbocycles. The van der Waals surface area contributed by atoms with Gasteiger partial charge in [0, 0.05) is 6.07 Å². The Kier molecular flexibility index (Phi) is 5.69. The van der Waals surface area contributed by atoms with Gasteiger partial charge in [-0.1, -0.05) is 6.07 Å². The smallest absolute Gasteiger partial charge is 0.311 e.